The van der Waals surface area contributed by atoms with Gasteiger partial charge in [-0.15, -0.1) is 0 Å². The highest BCUT2D eigenvalue weighted by Crippen LogP contribution is 2.40. The van der Waals surface area contributed by atoms with E-state index >= 15 is 0 Å². The lowest BCUT2D eigenvalue weighted by atomic mass is 10.1. The van der Waals surface area contributed by atoms with Crippen LogP contribution in [0.1, 0.15) is 29.9 Å². The summed E-state index contributed by atoms with van der Waals surface area (Å²) in [4.78, 5) is 0. The molecule has 1 fully saturated rings. The second-order valence-corrected chi connectivity index (χ2v) is 3.49. The highest BCUT2D eigenvalue weighted by atomic mass is 16.2. The fraction of sp³-hybridized carbons (Fsp3) is 0.455. The predicted octanol–water partition coefficient (Wildman–Crippen LogP) is 2.10. The van der Waals surface area contributed by atoms with Gasteiger partial charge in [0.25, 0.3) is 0 Å². The fourth-order valence-corrected chi connectivity index (χ4v) is 1.55. The Kier molecular flexibility index (Phi) is 2.13. The predicted molar refractivity (Wildman–Crippen MR) is 49.2 cm³/mol. The minimum atomic E-state index is 0.258. The van der Waals surface area contributed by atoms with Crippen molar-refractivity contribution >= 4 is 0 Å². The van der Waals surface area contributed by atoms with E-state index in [1.807, 2.05) is 0 Å². The minimum Gasteiger partial charge on any atom is -0.396 e. The van der Waals surface area contributed by atoms with Crippen molar-refractivity contribution in [3.8, 4) is 0 Å². The summed E-state index contributed by atoms with van der Waals surface area (Å²) in [5.41, 5.74) is 2.72. The molecule has 1 N–H and O–H groups in total. The highest BCUT2D eigenvalue weighted by Gasteiger charge is 2.23. The van der Waals surface area contributed by atoms with Gasteiger partial charge in [0, 0.05) is 6.61 Å². The second-order valence-electron chi connectivity index (χ2n) is 3.49. The van der Waals surface area contributed by atoms with Crippen LogP contribution in [-0.4, -0.2) is 11.7 Å². The van der Waals surface area contributed by atoms with Crippen molar-refractivity contribution in [2.75, 3.05) is 6.61 Å². The summed E-state index contributed by atoms with van der Waals surface area (Å²) in [5, 5.41) is 8.76. The molecule has 0 radical (unpaired) electrons. The van der Waals surface area contributed by atoms with Gasteiger partial charge in [-0.25, -0.2) is 0 Å². The summed E-state index contributed by atoms with van der Waals surface area (Å²) in [6, 6.07) is 8.60. The summed E-state index contributed by atoms with van der Waals surface area (Å²) in [6.45, 7) is 0.258. The molecule has 2 rings (SSSR count). The molecule has 1 aliphatic carbocycles. The third kappa shape index (κ3) is 1.67. The van der Waals surface area contributed by atoms with Crippen LogP contribution in [-0.2, 0) is 6.42 Å². The van der Waals surface area contributed by atoms with Crippen molar-refractivity contribution in [3.05, 3.63) is 35.4 Å². The zero-order valence-electron chi connectivity index (χ0n) is 7.16. The Morgan fingerprint density at radius 1 is 1.33 bits per heavy atom. The number of hydrogen-bond donors (Lipinski definition) is 1. The average Bonchev–Trinajstić information content (AvgIpc) is 2.88. The minimum absolute atomic E-state index is 0.258. The van der Waals surface area contributed by atoms with Crippen molar-refractivity contribution < 1.29 is 5.11 Å². The molecule has 1 aromatic carbocycles. The molecule has 0 amide bonds. The Bertz CT molecular complexity index is 263. The van der Waals surface area contributed by atoms with Gasteiger partial charge in [0.2, 0.25) is 0 Å². The lowest BCUT2D eigenvalue weighted by molar-refractivity contribution is 0.299. The van der Waals surface area contributed by atoms with E-state index in [0.717, 1.165) is 12.3 Å². The molecule has 1 heteroatoms. The first-order chi connectivity index (χ1) is 5.90. The van der Waals surface area contributed by atoms with Crippen LogP contribution >= 0.6 is 0 Å². The Labute approximate surface area is 73.0 Å². The van der Waals surface area contributed by atoms with E-state index in [0.29, 0.717) is 0 Å². The maximum atomic E-state index is 8.76. The molecule has 1 aliphatic rings. The van der Waals surface area contributed by atoms with Crippen molar-refractivity contribution in [1.29, 1.82) is 0 Å². The Morgan fingerprint density at radius 3 is 2.83 bits per heavy atom. The summed E-state index contributed by atoms with van der Waals surface area (Å²) in [5.74, 6) is 0.823. The summed E-state index contributed by atoms with van der Waals surface area (Å²) in [7, 11) is 0. The van der Waals surface area contributed by atoms with E-state index < -0.39 is 0 Å². The van der Waals surface area contributed by atoms with Crippen LogP contribution in [0.5, 0.6) is 0 Å². The molecule has 1 aromatic rings. The molecule has 0 spiro atoms. The van der Waals surface area contributed by atoms with Gasteiger partial charge >= 0.3 is 0 Å². The largest absolute Gasteiger partial charge is 0.396 e. The number of benzene rings is 1. The molecule has 0 heterocycles. The van der Waals surface area contributed by atoms with E-state index in [4.69, 9.17) is 5.11 Å². The molecular weight excluding hydrogens is 148 g/mol. The zero-order valence-corrected chi connectivity index (χ0v) is 7.16. The van der Waals surface area contributed by atoms with Gasteiger partial charge in [-0.3, -0.25) is 0 Å². The first-order valence-corrected chi connectivity index (χ1v) is 4.60. The van der Waals surface area contributed by atoms with Crippen LogP contribution in [0, 0.1) is 0 Å². The Balaban J connectivity index is 2.15. The van der Waals surface area contributed by atoms with E-state index in [9.17, 15) is 0 Å². The van der Waals surface area contributed by atoms with E-state index in [1.165, 1.54) is 24.0 Å². The number of aliphatic hydroxyl groups is 1. The standard InChI is InChI=1S/C11H14O/c12-7-6-9-2-1-3-11(8-9)10-4-5-10/h1-3,8,10,12H,4-7H2. The van der Waals surface area contributed by atoms with Crippen molar-refractivity contribution in [3.63, 3.8) is 0 Å². The quantitative estimate of drug-likeness (QED) is 0.721. The first-order valence-electron chi connectivity index (χ1n) is 4.60. The Hall–Kier alpha value is -0.820. The monoisotopic (exact) mass is 162 g/mol. The molecular formula is C11H14O. The second kappa shape index (κ2) is 3.28. The van der Waals surface area contributed by atoms with Crippen LogP contribution in [0.15, 0.2) is 24.3 Å². The molecule has 0 aromatic heterocycles. The molecule has 1 nitrogen and oxygen atoms in total. The molecule has 0 bridgehead atoms. The molecule has 1 saturated carbocycles. The van der Waals surface area contributed by atoms with Crippen LogP contribution in [0.3, 0.4) is 0 Å². The SMILES string of the molecule is OCCc1cccc(C2CC2)c1. The van der Waals surface area contributed by atoms with Gasteiger partial charge in [-0.1, -0.05) is 24.3 Å². The molecule has 0 saturated heterocycles. The molecule has 0 aliphatic heterocycles. The molecule has 64 valence electrons. The van der Waals surface area contributed by atoms with Crippen LogP contribution in [0.2, 0.25) is 0 Å². The number of rotatable bonds is 3. The number of aliphatic hydroxyl groups excluding tert-OH is 1. The van der Waals surface area contributed by atoms with E-state index in [-0.39, 0.29) is 6.61 Å². The molecule has 12 heavy (non-hydrogen) atoms. The molecule has 0 unspecified atom stereocenters. The van der Waals surface area contributed by atoms with E-state index in [2.05, 4.69) is 24.3 Å². The fourth-order valence-electron chi connectivity index (χ4n) is 1.55. The highest BCUT2D eigenvalue weighted by molar-refractivity contribution is 5.29. The number of hydrogen-bond acceptors (Lipinski definition) is 1. The third-order valence-electron chi connectivity index (χ3n) is 2.40. The van der Waals surface area contributed by atoms with Gasteiger partial charge in [0.05, 0.1) is 0 Å². The van der Waals surface area contributed by atoms with Crippen LogP contribution in [0.25, 0.3) is 0 Å². The van der Waals surface area contributed by atoms with Gasteiger partial charge in [0.1, 0.15) is 0 Å². The van der Waals surface area contributed by atoms with Gasteiger partial charge in [0.15, 0.2) is 0 Å². The molecule has 0 atom stereocenters. The first kappa shape index (κ1) is 7.81. The summed E-state index contributed by atoms with van der Waals surface area (Å²) in [6.07, 6.45) is 3.49. The lowest BCUT2D eigenvalue weighted by Gasteiger charge is -2.01. The maximum absolute atomic E-state index is 8.76. The maximum Gasteiger partial charge on any atom is 0.0471 e. The average molecular weight is 162 g/mol. The normalized spacial score (nSPS) is 16.4. The van der Waals surface area contributed by atoms with Crippen molar-refractivity contribution in [2.24, 2.45) is 0 Å². The smallest absolute Gasteiger partial charge is 0.0471 e. The lowest BCUT2D eigenvalue weighted by Crippen LogP contribution is -1.91. The third-order valence-corrected chi connectivity index (χ3v) is 2.40. The summed E-state index contributed by atoms with van der Waals surface area (Å²) >= 11 is 0. The van der Waals surface area contributed by atoms with Gasteiger partial charge < -0.3 is 5.11 Å². The van der Waals surface area contributed by atoms with Crippen molar-refractivity contribution in [1.82, 2.24) is 0 Å². The summed E-state index contributed by atoms with van der Waals surface area (Å²) < 4.78 is 0. The van der Waals surface area contributed by atoms with E-state index in [1.54, 1.807) is 0 Å². The van der Waals surface area contributed by atoms with Crippen molar-refractivity contribution in [2.45, 2.75) is 25.2 Å². The van der Waals surface area contributed by atoms with Gasteiger partial charge in [-0.05, 0) is 36.3 Å². The van der Waals surface area contributed by atoms with Crippen LogP contribution < -0.4 is 0 Å². The van der Waals surface area contributed by atoms with Gasteiger partial charge in [-0.2, -0.15) is 0 Å². The zero-order chi connectivity index (χ0) is 8.39. The van der Waals surface area contributed by atoms with Crippen LogP contribution in [0.4, 0.5) is 0 Å². The Morgan fingerprint density at radius 2 is 2.17 bits per heavy atom. The topological polar surface area (TPSA) is 20.2 Å².